The maximum Gasteiger partial charge on any atom is 0.147 e. The first-order valence-electron chi connectivity index (χ1n) is 15.8. The Morgan fingerprint density at radius 2 is 1.21 bits per heavy atom. The van der Waals surface area contributed by atoms with E-state index in [0.717, 1.165) is 55.6 Å². The van der Waals surface area contributed by atoms with Crippen LogP contribution in [0.15, 0.2) is 146 Å². The monoisotopic (exact) mass is 616 g/mol. The van der Waals surface area contributed by atoms with E-state index in [4.69, 9.17) is 9.97 Å². The molecule has 0 radical (unpaired) electrons. The van der Waals surface area contributed by atoms with Crippen LogP contribution in [0.25, 0.3) is 97.3 Å². The number of hydrogen-bond donors (Lipinski definition) is 0. The van der Waals surface area contributed by atoms with Crippen molar-refractivity contribution in [3.8, 4) is 16.9 Å². The highest BCUT2D eigenvalue weighted by atomic mass is 32.1. The van der Waals surface area contributed by atoms with Gasteiger partial charge < -0.3 is 0 Å². The Balaban J connectivity index is 1.44. The zero-order valence-electron chi connectivity index (χ0n) is 25.1. The van der Waals surface area contributed by atoms with Crippen LogP contribution in [0.1, 0.15) is 0 Å². The fourth-order valence-corrected chi connectivity index (χ4v) is 8.86. The van der Waals surface area contributed by atoms with Crippen LogP contribution in [-0.2, 0) is 0 Å². The van der Waals surface area contributed by atoms with Crippen molar-refractivity contribution in [2.45, 2.75) is 0 Å². The van der Waals surface area contributed by atoms with Crippen molar-refractivity contribution >= 4 is 91.7 Å². The minimum absolute atomic E-state index is 0.915. The van der Waals surface area contributed by atoms with E-state index in [1.165, 1.54) is 41.7 Å². The van der Waals surface area contributed by atoms with Crippen LogP contribution in [-0.4, -0.2) is 18.9 Å². The number of pyridine rings is 2. The Kier molecular flexibility index (Phi) is 4.96. The van der Waals surface area contributed by atoms with Gasteiger partial charge in [0, 0.05) is 48.8 Å². The van der Waals surface area contributed by atoms with E-state index in [1.807, 2.05) is 0 Å². The molecule has 218 valence electrons. The number of thiophene rings is 1. The molecule has 0 amide bonds. The third kappa shape index (κ3) is 3.31. The van der Waals surface area contributed by atoms with E-state index in [9.17, 15) is 0 Å². The van der Waals surface area contributed by atoms with Crippen LogP contribution in [0, 0.1) is 0 Å². The van der Waals surface area contributed by atoms with Gasteiger partial charge >= 0.3 is 0 Å². The largest absolute Gasteiger partial charge is 0.278 e. The standard InChI is InChI=1S/C42H24N4S/c1-2-13-26(14-3-1)36-38-31-19-9-11-21-34(31)47-35(38)24-43-41(36)45-32-20-10-8-18-30(32)37-28-16-6-7-17-29(28)40-44-39-27-15-5-4-12-25(27)22-23-33(39)46(40)42(37)45/h1-24H. The average Bonchev–Trinajstić information content (AvgIpc) is 3.82. The molecule has 0 aliphatic rings. The molecule has 0 bridgehead atoms. The zero-order valence-corrected chi connectivity index (χ0v) is 25.9. The molecule has 0 saturated heterocycles. The molecule has 5 heterocycles. The van der Waals surface area contributed by atoms with Gasteiger partial charge in [-0.25, -0.2) is 9.97 Å². The number of hydrogen-bond acceptors (Lipinski definition) is 3. The summed E-state index contributed by atoms with van der Waals surface area (Å²) in [6, 6.07) is 50.0. The lowest BCUT2D eigenvalue weighted by atomic mass is 10.00. The maximum absolute atomic E-state index is 5.42. The number of fused-ring (bicyclic) bond motifs is 15. The zero-order chi connectivity index (χ0) is 30.6. The lowest BCUT2D eigenvalue weighted by Gasteiger charge is -2.16. The number of aromatic nitrogens is 4. The summed E-state index contributed by atoms with van der Waals surface area (Å²) in [5, 5.41) is 9.56. The average molecular weight is 617 g/mol. The van der Waals surface area contributed by atoms with Crippen molar-refractivity contribution in [1.29, 1.82) is 0 Å². The van der Waals surface area contributed by atoms with Crippen LogP contribution in [0.3, 0.4) is 0 Å². The summed E-state index contributed by atoms with van der Waals surface area (Å²) < 4.78 is 7.23. The van der Waals surface area contributed by atoms with Crippen molar-refractivity contribution in [2.75, 3.05) is 0 Å². The first-order valence-corrected chi connectivity index (χ1v) is 16.7. The van der Waals surface area contributed by atoms with Gasteiger partial charge in [0.25, 0.3) is 0 Å². The highest BCUT2D eigenvalue weighted by molar-refractivity contribution is 7.25. The predicted octanol–water partition coefficient (Wildman–Crippen LogP) is 11.3. The smallest absolute Gasteiger partial charge is 0.147 e. The topological polar surface area (TPSA) is 35.1 Å². The van der Waals surface area contributed by atoms with Gasteiger partial charge in [0.05, 0.1) is 21.3 Å². The SMILES string of the molecule is c1ccc(-c2c(-n3c4ccccc4c4c5ccccc5c5nc6c7ccccc7ccc6n5c43)ncc3sc4ccccc4c23)cc1. The van der Waals surface area contributed by atoms with E-state index in [2.05, 4.69) is 155 Å². The van der Waals surface area contributed by atoms with Gasteiger partial charge in [-0.15, -0.1) is 11.3 Å². The normalized spacial score (nSPS) is 12.3. The second kappa shape index (κ2) is 9.25. The third-order valence-corrected chi connectivity index (χ3v) is 10.8. The van der Waals surface area contributed by atoms with Crippen molar-refractivity contribution in [1.82, 2.24) is 18.9 Å². The number of rotatable bonds is 2. The van der Waals surface area contributed by atoms with Gasteiger partial charge in [0.15, 0.2) is 0 Å². The predicted molar refractivity (Wildman–Crippen MR) is 198 cm³/mol. The van der Waals surface area contributed by atoms with Gasteiger partial charge in [-0.1, -0.05) is 121 Å². The number of benzene rings is 6. The number of imidazole rings is 1. The lowest BCUT2D eigenvalue weighted by Crippen LogP contribution is -2.04. The number of nitrogens with zero attached hydrogens (tertiary/aromatic N) is 4. The first-order chi connectivity index (χ1) is 23.3. The van der Waals surface area contributed by atoms with Gasteiger partial charge in [-0.05, 0) is 34.5 Å². The summed E-state index contributed by atoms with van der Waals surface area (Å²) in [5.41, 5.74) is 7.52. The molecular formula is C42H24N4S. The highest BCUT2D eigenvalue weighted by Gasteiger charge is 2.25. The molecule has 6 aromatic carbocycles. The van der Waals surface area contributed by atoms with E-state index < -0.39 is 0 Å². The second-order valence-corrected chi connectivity index (χ2v) is 13.3. The van der Waals surface area contributed by atoms with Gasteiger partial charge in [-0.3, -0.25) is 8.97 Å². The molecule has 5 heteroatoms. The molecule has 11 aromatic rings. The second-order valence-electron chi connectivity index (χ2n) is 12.2. The quantitative estimate of drug-likeness (QED) is 0.194. The summed E-state index contributed by atoms with van der Waals surface area (Å²) in [6.45, 7) is 0. The molecular weight excluding hydrogens is 593 g/mol. The Morgan fingerprint density at radius 1 is 0.511 bits per heavy atom. The summed E-state index contributed by atoms with van der Waals surface area (Å²) in [7, 11) is 0. The molecule has 0 N–H and O–H groups in total. The van der Waals surface area contributed by atoms with Gasteiger partial charge in [-0.2, -0.15) is 0 Å². The summed E-state index contributed by atoms with van der Waals surface area (Å²) in [6.07, 6.45) is 2.07. The van der Waals surface area contributed by atoms with Crippen LogP contribution in [0.5, 0.6) is 0 Å². The van der Waals surface area contributed by atoms with E-state index in [0.29, 0.717) is 0 Å². The van der Waals surface area contributed by atoms with Crippen molar-refractivity contribution in [3.05, 3.63) is 146 Å². The first kappa shape index (κ1) is 25.2. The summed E-state index contributed by atoms with van der Waals surface area (Å²) in [4.78, 5) is 10.8. The minimum atomic E-state index is 0.915. The fourth-order valence-electron chi connectivity index (χ4n) is 7.78. The Morgan fingerprint density at radius 3 is 2.09 bits per heavy atom. The van der Waals surface area contributed by atoms with Crippen LogP contribution in [0.2, 0.25) is 0 Å². The molecule has 5 aromatic heterocycles. The molecule has 0 saturated carbocycles. The molecule has 0 aliphatic heterocycles. The molecule has 0 fully saturated rings. The molecule has 0 atom stereocenters. The van der Waals surface area contributed by atoms with Crippen LogP contribution >= 0.6 is 11.3 Å². The Labute approximate surface area is 272 Å². The highest BCUT2D eigenvalue weighted by Crippen LogP contribution is 2.46. The van der Waals surface area contributed by atoms with Crippen molar-refractivity contribution in [2.24, 2.45) is 0 Å². The van der Waals surface area contributed by atoms with E-state index in [1.54, 1.807) is 11.3 Å². The minimum Gasteiger partial charge on any atom is -0.278 e. The van der Waals surface area contributed by atoms with Crippen LogP contribution in [0.4, 0.5) is 0 Å². The van der Waals surface area contributed by atoms with Gasteiger partial charge in [0.2, 0.25) is 0 Å². The van der Waals surface area contributed by atoms with Crippen LogP contribution < -0.4 is 0 Å². The maximum atomic E-state index is 5.42. The molecule has 47 heavy (non-hydrogen) atoms. The molecule has 11 rings (SSSR count). The van der Waals surface area contributed by atoms with Crippen molar-refractivity contribution in [3.63, 3.8) is 0 Å². The van der Waals surface area contributed by atoms with E-state index in [-0.39, 0.29) is 0 Å². The third-order valence-electron chi connectivity index (χ3n) is 9.72. The van der Waals surface area contributed by atoms with Gasteiger partial charge in [0.1, 0.15) is 17.1 Å². The molecule has 0 unspecified atom stereocenters. The van der Waals surface area contributed by atoms with Crippen molar-refractivity contribution < 1.29 is 0 Å². The fraction of sp³-hybridized carbons (Fsp3) is 0. The molecule has 0 aliphatic carbocycles. The molecule has 4 nitrogen and oxygen atoms in total. The Bertz CT molecular complexity index is 3070. The lowest BCUT2D eigenvalue weighted by molar-refractivity contribution is 1.06. The Hall–Kier alpha value is -6.04. The summed E-state index contributed by atoms with van der Waals surface area (Å²) in [5.74, 6) is 0.915. The molecule has 0 spiro atoms. The number of para-hydroxylation sites is 1. The summed E-state index contributed by atoms with van der Waals surface area (Å²) >= 11 is 1.81. The van der Waals surface area contributed by atoms with E-state index >= 15 is 0 Å².